The molecule has 2 atom stereocenters. The van der Waals surface area contributed by atoms with Gasteiger partial charge in [0.25, 0.3) is 0 Å². The molecule has 0 saturated carbocycles. The molecular weight excluding hydrogens is 719 g/mol. The van der Waals surface area contributed by atoms with Crippen LogP contribution in [0.25, 0.3) is 0 Å². The number of urea groups is 2. The van der Waals surface area contributed by atoms with Crippen LogP contribution in [0.3, 0.4) is 0 Å². The first-order valence-electron chi connectivity index (χ1n) is 25.9. The fraction of sp³-hybridized carbons (Fsp3) is 0.960. The molecule has 0 saturated heterocycles. The number of unbranched alkanes of at least 4 members (excludes halogenated alkanes) is 23. The Morgan fingerprint density at radius 2 is 0.672 bits per heavy atom. The van der Waals surface area contributed by atoms with Gasteiger partial charge in [0.05, 0.1) is 0 Å². The van der Waals surface area contributed by atoms with Crippen molar-refractivity contribution in [2.45, 2.75) is 246 Å². The summed E-state index contributed by atoms with van der Waals surface area (Å²) in [6.45, 7) is 15.6. The standard InChI is InChI=1S/C50H103N5O3/c1-5-9-13-17-20-28-37-47(35-26-15-11-7-3)45-53-49(57)51-39-30-22-19-24-32-41-55(43-34-44-56)42-33-25-23-31-40-52-50(58)54-46-48(36-27-16-12-8-4)38-29-21-18-14-10-6-2/h47-48,56H,5-46H2,1-4H3,(H2,51,53,57)(H2,52,54,58). The van der Waals surface area contributed by atoms with Gasteiger partial charge >= 0.3 is 12.1 Å². The Kier molecular flexibility index (Phi) is 45.3. The summed E-state index contributed by atoms with van der Waals surface area (Å²) in [5.41, 5.74) is 0. The predicted octanol–water partition coefficient (Wildman–Crippen LogP) is 13.5. The fourth-order valence-corrected chi connectivity index (χ4v) is 8.28. The van der Waals surface area contributed by atoms with Crippen LogP contribution in [0, 0.1) is 11.8 Å². The molecule has 58 heavy (non-hydrogen) atoms. The van der Waals surface area contributed by atoms with Gasteiger partial charge < -0.3 is 31.3 Å². The van der Waals surface area contributed by atoms with Crippen molar-refractivity contribution in [3.05, 3.63) is 0 Å². The van der Waals surface area contributed by atoms with Crippen molar-refractivity contribution < 1.29 is 14.7 Å². The second kappa shape index (κ2) is 46.5. The maximum Gasteiger partial charge on any atom is 0.314 e. The number of amides is 4. The fourth-order valence-electron chi connectivity index (χ4n) is 8.28. The molecule has 8 heteroatoms. The first-order chi connectivity index (χ1) is 28.5. The minimum atomic E-state index is 0.00396. The number of hydrogen-bond donors (Lipinski definition) is 5. The van der Waals surface area contributed by atoms with Gasteiger partial charge in [-0.05, 0) is 82.7 Å². The van der Waals surface area contributed by atoms with Gasteiger partial charge in [0.2, 0.25) is 0 Å². The molecule has 0 spiro atoms. The summed E-state index contributed by atoms with van der Waals surface area (Å²) in [6.07, 6.45) is 42.5. The van der Waals surface area contributed by atoms with Crippen LogP contribution in [-0.2, 0) is 0 Å². The number of carbonyl (C=O) groups is 2. The highest BCUT2D eigenvalue weighted by molar-refractivity contribution is 5.74. The number of hydrogen-bond acceptors (Lipinski definition) is 4. The van der Waals surface area contributed by atoms with E-state index in [0.29, 0.717) is 11.8 Å². The molecule has 0 fully saturated rings. The van der Waals surface area contributed by atoms with E-state index in [1.807, 2.05) is 0 Å². The molecule has 5 N–H and O–H groups in total. The molecule has 346 valence electrons. The van der Waals surface area contributed by atoms with Crippen LogP contribution < -0.4 is 21.3 Å². The van der Waals surface area contributed by atoms with E-state index in [9.17, 15) is 14.7 Å². The highest BCUT2D eigenvalue weighted by atomic mass is 16.3. The van der Waals surface area contributed by atoms with Crippen molar-refractivity contribution >= 4 is 12.1 Å². The van der Waals surface area contributed by atoms with Gasteiger partial charge in [-0.25, -0.2) is 9.59 Å². The Hall–Kier alpha value is -1.54. The molecule has 0 bridgehead atoms. The van der Waals surface area contributed by atoms with E-state index >= 15 is 0 Å². The SMILES string of the molecule is CCCCCCCCC(CCCCCC)CNC(=O)NCCCCCCCN(CCCO)CCCCCCNC(=O)NCC(CCCCCC)CCCCCCCC. The number of aliphatic hydroxyl groups excluding tert-OH is 1. The lowest BCUT2D eigenvalue weighted by molar-refractivity contribution is 0.217. The molecular formula is C50H103N5O3. The van der Waals surface area contributed by atoms with Crippen LogP contribution in [0.1, 0.15) is 246 Å². The summed E-state index contributed by atoms with van der Waals surface area (Å²) in [7, 11) is 0. The Balaban J connectivity index is 4.11. The van der Waals surface area contributed by atoms with Crippen LogP contribution in [0.15, 0.2) is 0 Å². The smallest absolute Gasteiger partial charge is 0.314 e. The highest BCUT2D eigenvalue weighted by Crippen LogP contribution is 2.20. The Labute approximate surface area is 362 Å². The lowest BCUT2D eigenvalue weighted by Gasteiger charge is -2.22. The van der Waals surface area contributed by atoms with Crippen LogP contribution >= 0.6 is 0 Å². The Morgan fingerprint density at radius 3 is 1.03 bits per heavy atom. The third-order valence-electron chi connectivity index (χ3n) is 12.2. The first kappa shape index (κ1) is 56.5. The van der Waals surface area contributed by atoms with Crippen molar-refractivity contribution in [1.82, 2.24) is 26.2 Å². The van der Waals surface area contributed by atoms with Crippen LogP contribution in [0.5, 0.6) is 0 Å². The van der Waals surface area contributed by atoms with Crippen molar-refractivity contribution in [2.24, 2.45) is 11.8 Å². The molecule has 0 rings (SSSR count). The van der Waals surface area contributed by atoms with Gasteiger partial charge in [-0.1, -0.05) is 188 Å². The minimum absolute atomic E-state index is 0.00396. The Morgan fingerprint density at radius 1 is 0.379 bits per heavy atom. The van der Waals surface area contributed by atoms with Crippen LogP contribution in [-0.4, -0.2) is 74.5 Å². The number of carbonyl (C=O) groups excluding carboxylic acids is 2. The molecule has 8 nitrogen and oxygen atoms in total. The maximum absolute atomic E-state index is 12.5. The van der Waals surface area contributed by atoms with Gasteiger partial charge in [-0.15, -0.1) is 0 Å². The zero-order valence-electron chi connectivity index (χ0n) is 39.6. The quantitative estimate of drug-likeness (QED) is 0.0394. The van der Waals surface area contributed by atoms with Crippen molar-refractivity contribution in [3.8, 4) is 0 Å². The molecule has 4 amide bonds. The summed E-state index contributed by atoms with van der Waals surface area (Å²) in [6, 6.07) is 0.0120. The van der Waals surface area contributed by atoms with Crippen LogP contribution in [0.2, 0.25) is 0 Å². The molecule has 0 radical (unpaired) electrons. The summed E-state index contributed by atoms with van der Waals surface area (Å²) >= 11 is 0. The largest absolute Gasteiger partial charge is 0.396 e. The zero-order chi connectivity index (χ0) is 42.4. The van der Waals surface area contributed by atoms with Gasteiger partial charge in [-0.2, -0.15) is 0 Å². The van der Waals surface area contributed by atoms with Crippen LogP contribution in [0.4, 0.5) is 9.59 Å². The second-order valence-corrected chi connectivity index (χ2v) is 17.9. The zero-order valence-corrected chi connectivity index (χ0v) is 39.6. The third kappa shape index (κ3) is 41.2. The third-order valence-corrected chi connectivity index (χ3v) is 12.2. The Bertz CT molecular complexity index is 846. The van der Waals surface area contributed by atoms with E-state index < -0.39 is 0 Å². The molecule has 0 heterocycles. The molecule has 2 unspecified atom stereocenters. The van der Waals surface area contributed by atoms with E-state index in [1.165, 1.54) is 186 Å². The van der Waals surface area contributed by atoms with E-state index in [0.717, 1.165) is 77.9 Å². The van der Waals surface area contributed by atoms with E-state index in [-0.39, 0.29) is 18.7 Å². The normalized spacial score (nSPS) is 12.5. The van der Waals surface area contributed by atoms with Gasteiger partial charge in [0, 0.05) is 39.3 Å². The van der Waals surface area contributed by atoms with Crippen molar-refractivity contribution in [3.63, 3.8) is 0 Å². The monoisotopic (exact) mass is 822 g/mol. The minimum Gasteiger partial charge on any atom is -0.396 e. The number of nitrogens with zero attached hydrogens (tertiary/aromatic N) is 1. The molecule has 0 aromatic carbocycles. The summed E-state index contributed by atoms with van der Waals surface area (Å²) < 4.78 is 0. The topological polar surface area (TPSA) is 106 Å². The second-order valence-electron chi connectivity index (χ2n) is 17.9. The van der Waals surface area contributed by atoms with Gasteiger partial charge in [0.15, 0.2) is 0 Å². The number of aliphatic hydroxyl groups is 1. The van der Waals surface area contributed by atoms with Crippen molar-refractivity contribution in [2.75, 3.05) is 52.4 Å². The lowest BCUT2D eigenvalue weighted by atomic mass is 9.94. The van der Waals surface area contributed by atoms with E-state index in [4.69, 9.17) is 0 Å². The molecule has 0 aromatic rings. The summed E-state index contributed by atoms with van der Waals surface area (Å²) in [5.74, 6) is 1.22. The molecule has 0 aliphatic rings. The first-order valence-corrected chi connectivity index (χ1v) is 25.9. The highest BCUT2D eigenvalue weighted by Gasteiger charge is 2.12. The predicted molar refractivity (Wildman–Crippen MR) is 253 cm³/mol. The molecule has 0 aliphatic carbocycles. The molecule has 0 aliphatic heterocycles. The summed E-state index contributed by atoms with van der Waals surface area (Å²) in [4.78, 5) is 27.6. The number of rotatable bonds is 46. The lowest BCUT2D eigenvalue weighted by Crippen LogP contribution is -2.38. The van der Waals surface area contributed by atoms with Crippen molar-refractivity contribution in [1.29, 1.82) is 0 Å². The average Bonchev–Trinajstić information content (AvgIpc) is 3.23. The van der Waals surface area contributed by atoms with E-state index in [1.54, 1.807) is 0 Å². The van der Waals surface area contributed by atoms with E-state index in [2.05, 4.69) is 53.9 Å². The maximum atomic E-state index is 12.5. The summed E-state index contributed by atoms with van der Waals surface area (Å²) in [5, 5.41) is 22.0. The number of nitrogens with one attached hydrogen (secondary N) is 4. The molecule has 0 aromatic heterocycles. The van der Waals surface area contributed by atoms with Gasteiger partial charge in [-0.3, -0.25) is 0 Å². The van der Waals surface area contributed by atoms with Gasteiger partial charge in [0.1, 0.15) is 0 Å². The average molecular weight is 822 g/mol.